The van der Waals surface area contributed by atoms with Gasteiger partial charge in [0.15, 0.2) is 0 Å². The van der Waals surface area contributed by atoms with Crippen LogP contribution in [-0.4, -0.2) is 35.6 Å². The summed E-state index contributed by atoms with van der Waals surface area (Å²) >= 11 is 11.6. The van der Waals surface area contributed by atoms with E-state index in [2.05, 4.69) is 15.3 Å². The van der Waals surface area contributed by atoms with E-state index in [0.717, 1.165) is 0 Å². The van der Waals surface area contributed by atoms with Crippen molar-refractivity contribution >= 4 is 29.0 Å². The third-order valence-electron chi connectivity index (χ3n) is 1.56. The number of rotatable bonds is 5. The Morgan fingerprint density at radius 2 is 2.43 bits per heavy atom. The molecule has 0 aliphatic rings. The first-order chi connectivity index (χ1) is 6.77. The Bertz CT molecular complexity index is 285. The number of hydrogen-bond donors (Lipinski definition) is 1. The minimum absolute atomic E-state index is 0.00549. The fraction of sp³-hybridized carbons (Fsp3) is 0.500. The van der Waals surface area contributed by atoms with Crippen molar-refractivity contribution in [3.63, 3.8) is 0 Å². The fourth-order valence-electron chi connectivity index (χ4n) is 0.938. The van der Waals surface area contributed by atoms with E-state index in [1.165, 1.54) is 12.5 Å². The smallest absolute Gasteiger partial charge is 0.148 e. The van der Waals surface area contributed by atoms with Crippen LogP contribution in [0.15, 0.2) is 12.5 Å². The van der Waals surface area contributed by atoms with Crippen molar-refractivity contribution in [2.45, 2.75) is 6.04 Å². The second-order valence-electron chi connectivity index (χ2n) is 2.67. The molecule has 1 rings (SSSR count). The Morgan fingerprint density at radius 3 is 3.00 bits per heavy atom. The van der Waals surface area contributed by atoms with Crippen molar-refractivity contribution in [3.05, 3.63) is 17.5 Å². The Hall–Kier alpha value is -0.580. The van der Waals surface area contributed by atoms with Crippen molar-refractivity contribution in [2.24, 2.45) is 0 Å². The molecule has 0 aromatic carbocycles. The van der Waals surface area contributed by atoms with Gasteiger partial charge in [-0.3, -0.25) is 0 Å². The van der Waals surface area contributed by atoms with E-state index in [4.69, 9.17) is 27.9 Å². The highest BCUT2D eigenvalue weighted by molar-refractivity contribution is 6.32. The predicted octanol–water partition coefficient (Wildman–Crippen LogP) is 1.80. The zero-order valence-electron chi connectivity index (χ0n) is 7.70. The first kappa shape index (κ1) is 11.5. The van der Waals surface area contributed by atoms with Crippen LogP contribution in [0.4, 0.5) is 5.82 Å². The van der Waals surface area contributed by atoms with Crippen LogP contribution in [-0.2, 0) is 4.74 Å². The lowest BCUT2D eigenvalue weighted by atomic mass is 10.3. The van der Waals surface area contributed by atoms with Crippen LogP contribution >= 0.6 is 23.2 Å². The molecule has 0 fully saturated rings. The van der Waals surface area contributed by atoms with Gasteiger partial charge in [0, 0.05) is 13.0 Å². The fourth-order valence-corrected chi connectivity index (χ4v) is 1.26. The molecule has 1 aromatic rings. The molecule has 0 spiro atoms. The van der Waals surface area contributed by atoms with Gasteiger partial charge in [-0.25, -0.2) is 9.97 Å². The van der Waals surface area contributed by atoms with Crippen LogP contribution in [0.25, 0.3) is 0 Å². The van der Waals surface area contributed by atoms with E-state index in [9.17, 15) is 0 Å². The highest BCUT2D eigenvalue weighted by Crippen LogP contribution is 2.17. The summed E-state index contributed by atoms with van der Waals surface area (Å²) in [5.74, 6) is 0.998. The standard InChI is InChI=1S/C8H11Cl2N3O/c1-14-4-6(2-9)13-8-7(10)3-11-5-12-8/h3,5-6H,2,4H2,1H3,(H,11,12,13). The summed E-state index contributed by atoms with van der Waals surface area (Å²) in [5, 5.41) is 3.53. The van der Waals surface area contributed by atoms with Crippen LogP contribution in [0.5, 0.6) is 0 Å². The van der Waals surface area contributed by atoms with E-state index in [-0.39, 0.29) is 6.04 Å². The largest absolute Gasteiger partial charge is 0.383 e. The van der Waals surface area contributed by atoms with Crippen molar-refractivity contribution in [1.82, 2.24) is 9.97 Å². The number of anilines is 1. The molecular weight excluding hydrogens is 225 g/mol. The zero-order valence-corrected chi connectivity index (χ0v) is 9.22. The number of nitrogens with one attached hydrogen (secondary N) is 1. The summed E-state index contributed by atoms with van der Waals surface area (Å²) in [6, 6.07) is -0.00549. The average molecular weight is 236 g/mol. The van der Waals surface area contributed by atoms with Crippen molar-refractivity contribution < 1.29 is 4.74 Å². The summed E-state index contributed by atoms with van der Waals surface area (Å²) < 4.78 is 4.97. The highest BCUT2D eigenvalue weighted by atomic mass is 35.5. The second kappa shape index (κ2) is 6.01. The highest BCUT2D eigenvalue weighted by Gasteiger charge is 2.09. The Morgan fingerprint density at radius 1 is 1.64 bits per heavy atom. The maximum atomic E-state index is 5.85. The maximum Gasteiger partial charge on any atom is 0.148 e. The lowest BCUT2D eigenvalue weighted by Crippen LogP contribution is -2.27. The topological polar surface area (TPSA) is 47.0 Å². The molecule has 1 unspecified atom stereocenters. The van der Waals surface area contributed by atoms with Gasteiger partial charge in [-0.2, -0.15) is 0 Å². The van der Waals surface area contributed by atoms with Gasteiger partial charge in [0.05, 0.1) is 18.8 Å². The van der Waals surface area contributed by atoms with E-state index in [0.29, 0.717) is 23.3 Å². The summed E-state index contributed by atoms with van der Waals surface area (Å²) in [6.45, 7) is 0.504. The van der Waals surface area contributed by atoms with Crippen LogP contribution < -0.4 is 5.32 Å². The number of aromatic nitrogens is 2. The molecule has 0 bridgehead atoms. The summed E-state index contributed by atoms with van der Waals surface area (Å²) in [6.07, 6.45) is 2.95. The van der Waals surface area contributed by atoms with Crippen molar-refractivity contribution in [1.29, 1.82) is 0 Å². The maximum absolute atomic E-state index is 5.85. The molecule has 78 valence electrons. The van der Waals surface area contributed by atoms with Crippen molar-refractivity contribution in [3.8, 4) is 0 Å². The Kier molecular flexibility index (Phi) is 4.93. The molecule has 0 saturated carbocycles. The molecule has 0 aliphatic carbocycles. The normalized spacial score (nSPS) is 12.5. The van der Waals surface area contributed by atoms with Gasteiger partial charge in [-0.1, -0.05) is 11.6 Å². The third-order valence-corrected chi connectivity index (χ3v) is 2.21. The summed E-state index contributed by atoms with van der Waals surface area (Å²) in [4.78, 5) is 7.76. The molecule has 0 radical (unpaired) electrons. The average Bonchev–Trinajstić information content (AvgIpc) is 2.20. The van der Waals surface area contributed by atoms with Gasteiger partial charge in [0.2, 0.25) is 0 Å². The SMILES string of the molecule is COCC(CCl)Nc1ncncc1Cl. The minimum Gasteiger partial charge on any atom is -0.383 e. The second-order valence-corrected chi connectivity index (χ2v) is 3.39. The molecular formula is C8H11Cl2N3O. The molecule has 0 amide bonds. The first-order valence-corrected chi connectivity index (χ1v) is 4.96. The molecule has 1 N–H and O–H groups in total. The molecule has 4 nitrogen and oxygen atoms in total. The summed E-state index contributed by atoms with van der Waals surface area (Å²) in [7, 11) is 1.61. The third kappa shape index (κ3) is 3.29. The lowest BCUT2D eigenvalue weighted by molar-refractivity contribution is 0.191. The van der Waals surface area contributed by atoms with Crippen LogP contribution in [0.1, 0.15) is 0 Å². The van der Waals surface area contributed by atoms with Gasteiger partial charge in [-0.05, 0) is 0 Å². The zero-order chi connectivity index (χ0) is 10.4. The molecule has 1 heterocycles. The number of methoxy groups -OCH3 is 1. The Balaban J connectivity index is 2.62. The first-order valence-electron chi connectivity index (χ1n) is 4.05. The number of hydrogen-bond acceptors (Lipinski definition) is 4. The molecule has 1 aromatic heterocycles. The van der Waals surface area contributed by atoms with Crippen LogP contribution in [0.2, 0.25) is 5.02 Å². The Labute approximate surface area is 92.6 Å². The molecule has 0 aliphatic heterocycles. The lowest BCUT2D eigenvalue weighted by Gasteiger charge is -2.15. The van der Waals surface area contributed by atoms with E-state index in [1.807, 2.05) is 0 Å². The molecule has 1 atom stereocenters. The van der Waals surface area contributed by atoms with E-state index >= 15 is 0 Å². The number of halogens is 2. The molecule has 6 heteroatoms. The van der Waals surface area contributed by atoms with Gasteiger partial charge in [-0.15, -0.1) is 11.6 Å². The van der Waals surface area contributed by atoms with E-state index < -0.39 is 0 Å². The minimum atomic E-state index is -0.00549. The van der Waals surface area contributed by atoms with Gasteiger partial charge < -0.3 is 10.1 Å². The van der Waals surface area contributed by atoms with Crippen LogP contribution in [0.3, 0.4) is 0 Å². The predicted molar refractivity (Wildman–Crippen MR) is 57.0 cm³/mol. The number of nitrogens with zero attached hydrogens (tertiary/aromatic N) is 2. The monoisotopic (exact) mass is 235 g/mol. The van der Waals surface area contributed by atoms with Gasteiger partial charge >= 0.3 is 0 Å². The molecule has 0 saturated heterocycles. The molecule has 14 heavy (non-hydrogen) atoms. The number of ether oxygens (including phenoxy) is 1. The quantitative estimate of drug-likeness (QED) is 0.792. The van der Waals surface area contributed by atoms with Gasteiger partial charge in [0.1, 0.15) is 17.2 Å². The summed E-state index contributed by atoms with van der Waals surface area (Å²) in [5.41, 5.74) is 0. The van der Waals surface area contributed by atoms with Crippen LogP contribution in [0, 0.1) is 0 Å². The van der Waals surface area contributed by atoms with Gasteiger partial charge in [0.25, 0.3) is 0 Å². The number of alkyl halides is 1. The van der Waals surface area contributed by atoms with Crippen molar-refractivity contribution in [2.75, 3.05) is 24.9 Å². The van der Waals surface area contributed by atoms with E-state index in [1.54, 1.807) is 7.11 Å².